The van der Waals surface area contributed by atoms with E-state index in [1.54, 1.807) is 6.08 Å². The third kappa shape index (κ3) is 2.73. The van der Waals surface area contributed by atoms with E-state index in [9.17, 15) is 4.79 Å². The van der Waals surface area contributed by atoms with Crippen molar-refractivity contribution in [2.75, 3.05) is 13.1 Å². The van der Waals surface area contributed by atoms with E-state index >= 15 is 0 Å². The number of carbonyl (C=O) groups excluding carboxylic acids is 1. The van der Waals surface area contributed by atoms with Crippen molar-refractivity contribution in [2.45, 2.75) is 38.3 Å². The van der Waals surface area contributed by atoms with Gasteiger partial charge in [-0.05, 0) is 26.2 Å². The number of rotatable bonds is 2. The summed E-state index contributed by atoms with van der Waals surface area (Å²) in [6, 6.07) is 1.16. The Kier molecular flexibility index (Phi) is 3.78. The molecule has 1 N–H and O–H groups in total. The summed E-state index contributed by atoms with van der Waals surface area (Å²) in [7, 11) is 0. The lowest BCUT2D eigenvalue weighted by Crippen LogP contribution is -2.38. The third-order valence-corrected chi connectivity index (χ3v) is 3.38. The van der Waals surface area contributed by atoms with Gasteiger partial charge in [0.25, 0.3) is 0 Å². The van der Waals surface area contributed by atoms with Gasteiger partial charge in [0.1, 0.15) is 0 Å². The van der Waals surface area contributed by atoms with Crippen LogP contribution in [0.1, 0.15) is 26.2 Å². The molecule has 0 radical (unpaired) electrons. The van der Waals surface area contributed by atoms with Crippen LogP contribution >= 0.6 is 0 Å². The zero-order valence-corrected chi connectivity index (χ0v) is 9.86. The summed E-state index contributed by atoms with van der Waals surface area (Å²) >= 11 is 0. The Bertz CT molecular complexity index is 309. The van der Waals surface area contributed by atoms with Gasteiger partial charge in [0.2, 0.25) is 5.91 Å². The highest BCUT2D eigenvalue weighted by atomic mass is 16.2. The maximum absolute atomic E-state index is 11.9. The molecule has 0 aromatic carbocycles. The second kappa shape index (κ2) is 5.30. The summed E-state index contributed by atoms with van der Waals surface area (Å²) in [6.45, 7) is 3.71. The summed E-state index contributed by atoms with van der Waals surface area (Å²) in [4.78, 5) is 13.8. The molecule has 3 heteroatoms. The van der Waals surface area contributed by atoms with Crippen molar-refractivity contribution in [2.24, 2.45) is 0 Å². The minimum absolute atomic E-state index is 0.146. The van der Waals surface area contributed by atoms with Crippen molar-refractivity contribution in [1.82, 2.24) is 10.2 Å². The fourth-order valence-corrected chi connectivity index (χ4v) is 2.50. The van der Waals surface area contributed by atoms with Crippen molar-refractivity contribution < 1.29 is 4.79 Å². The molecule has 2 rings (SSSR count). The Hall–Kier alpha value is -1.09. The first-order valence-electron chi connectivity index (χ1n) is 6.14. The van der Waals surface area contributed by atoms with Crippen LogP contribution in [0.2, 0.25) is 0 Å². The van der Waals surface area contributed by atoms with Crippen LogP contribution in [0.3, 0.4) is 0 Å². The molecule has 16 heavy (non-hydrogen) atoms. The van der Waals surface area contributed by atoms with Crippen molar-refractivity contribution in [3.05, 3.63) is 24.3 Å². The number of allylic oxidation sites excluding steroid dienone is 3. The lowest BCUT2D eigenvalue weighted by atomic mass is 10.1. The predicted molar refractivity (Wildman–Crippen MR) is 65.1 cm³/mol. The molecular weight excluding hydrogens is 200 g/mol. The van der Waals surface area contributed by atoms with Crippen molar-refractivity contribution in [1.29, 1.82) is 0 Å². The van der Waals surface area contributed by atoms with Crippen molar-refractivity contribution in [3.63, 3.8) is 0 Å². The van der Waals surface area contributed by atoms with Gasteiger partial charge in [-0.2, -0.15) is 0 Å². The van der Waals surface area contributed by atoms with E-state index in [-0.39, 0.29) is 5.91 Å². The second-order valence-electron chi connectivity index (χ2n) is 4.60. The molecule has 0 aliphatic carbocycles. The summed E-state index contributed by atoms with van der Waals surface area (Å²) < 4.78 is 0. The molecule has 2 saturated heterocycles. The van der Waals surface area contributed by atoms with Crippen LogP contribution in [0.5, 0.6) is 0 Å². The molecule has 0 aromatic rings. The maximum atomic E-state index is 11.9. The standard InChI is InChI=1S/C13H20N2O/c1-2-3-4-5-13(16)15-9-8-11-6-7-12(10-15)14-11/h2-5,11-12,14H,6-10H2,1H3/b3-2+,5-4?. The summed E-state index contributed by atoms with van der Waals surface area (Å²) in [6.07, 6.45) is 10.9. The van der Waals surface area contributed by atoms with Gasteiger partial charge in [-0.3, -0.25) is 4.79 Å². The molecule has 88 valence electrons. The van der Waals surface area contributed by atoms with Crippen molar-refractivity contribution in [3.8, 4) is 0 Å². The molecule has 2 bridgehead atoms. The third-order valence-electron chi connectivity index (χ3n) is 3.38. The van der Waals surface area contributed by atoms with Crippen LogP contribution in [0.25, 0.3) is 0 Å². The molecule has 0 saturated carbocycles. The average Bonchev–Trinajstić information content (AvgIpc) is 2.58. The first-order valence-corrected chi connectivity index (χ1v) is 6.14. The van der Waals surface area contributed by atoms with Crippen LogP contribution in [0.4, 0.5) is 0 Å². The van der Waals surface area contributed by atoms with E-state index in [0.717, 1.165) is 19.5 Å². The van der Waals surface area contributed by atoms with E-state index in [1.165, 1.54) is 12.8 Å². The molecule has 2 aliphatic rings. The van der Waals surface area contributed by atoms with E-state index in [1.807, 2.05) is 30.1 Å². The van der Waals surface area contributed by atoms with Gasteiger partial charge in [-0.25, -0.2) is 0 Å². The largest absolute Gasteiger partial charge is 0.338 e. The van der Waals surface area contributed by atoms with Crippen LogP contribution in [0, 0.1) is 0 Å². The number of carbonyl (C=O) groups is 1. The summed E-state index contributed by atoms with van der Waals surface area (Å²) in [5, 5.41) is 3.57. The average molecular weight is 220 g/mol. The Labute approximate surface area is 97.2 Å². The van der Waals surface area contributed by atoms with Gasteiger partial charge in [0.05, 0.1) is 0 Å². The van der Waals surface area contributed by atoms with E-state index in [2.05, 4.69) is 5.32 Å². The quantitative estimate of drug-likeness (QED) is 0.564. The normalized spacial score (nSPS) is 30.2. The molecule has 2 unspecified atom stereocenters. The molecule has 3 nitrogen and oxygen atoms in total. The molecule has 0 spiro atoms. The smallest absolute Gasteiger partial charge is 0.246 e. The minimum atomic E-state index is 0.146. The molecule has 1 amide bonds. The van der Waals surface area contributed by atoms with Gasteiger partial charge in [-0.1, -0.05) is 18.2 Å². The fraction of sp³-hybridized carbons (Fsp3) is 0.615. The Balaban J connectivity index is 1.91. The van der Waals surface area contributed by atoms with Crippen molar-refractivity contribution >= 4 is 5.91 Å². The zero-order chi connectivity index (χ0) is 11.4. The maximum Gasteiger partial charge on any atom is 0.246 e. The van der Waals surface area contributed by atoms with Gasteiger partial charge >= 0.3 is 0 Å². The lowest BCUT2D eigenvalue weighted by molar-refractivity contribution is -0.126. The fourth-order valence-electron chi connectivity index (χ4n) is 2.50. The monoisotopic (exact) mass is 220 g/mol. The van der Waals surface area contributed by atoms with E-state index in [4.69, 9.17) is 0 Å². The molecule has 2 fully saturated rings. The first-order chi connectivity index (χ1) is 7.79. The molecule has 2 atom stereocenters. The first kappa shape index (κ1) is 11.4. The number of nitrogens with zero attached hydrogens (tertiary/aromatic N) is 1. The topological polar surface area (TPSA) is 32.3 Å². The molecule has 2 aliphatic heterocycles. The number of hydrogen-bond donors (Lipinski definition) is 1. The minimum Gasteiger partial charge on any atom is -0.338 e. The van der Waals surface area contributed by atoms with Gasteiger partial charge in [0, 0.05) is 31.2 Å². The highest BCUT2D eigenvalue weighted by Gasteiger charge is 2.30. The predicted octanol–water partition coefficient (Wildman–Crippen LogP) is 1.47. The molecular formula is C13H20N2O. The number of fused-ring (bicyclic) bond motifs is 2. The van der Waals surface area contributed by atoms with Gasteiger partial charge in [0.15, 0.2) is 0 Å². The number of amides is 1. The van der Waals surface area contributed by atoms with Gasteiger partial charge < -0.3 is 10.2 Å². The van der Waals surface area contributed by atoms with Crippen LogP contribution < -0.4 is 5.32 Å². The summed E-state index contributed by atoms with van der Waals surface area (Å²) in [5.41, 5.74) is 0. The highest BCUT2D eigenvalue weighted by molar-refractivity contribution is 5.87. The number of hydrogen-bond acceptors (Lipinski definition) is 2. The number of nitrogens with one attached hydrogen (secondary N) is 1. The highest BCUT2D eigenvalue weighted by Crippen LogP contribution is 2.20. The second-order valence-corrected chi connectivity index (χ2v) is 4.60. The Morgan fingerprint density at radius 3 is 2.88 bits per heavy atom. The Morgan fingerprint density at radius 2 is 2.06 bits per heavy atom. The van der Waals surface area contributed by atoms with Crippen LogP contribution in [0.15, 0.2) is 24.3 Å². The Morgan fingerprint density at radius 1 is 1.25 bits per heavy atom. The SMILES string of the molecule is C/C=C/C=CC(=O)N1CCC2CCC(C1)N2. The van der Waals surface area contributed by atoms with E-state index in [0.29, 0.717) is 12.1 Å². The van der Waals surface area contributed by atoms with Gasteiger partial charge in [-0.15, -0.1) is 0 Å². The van der Waals surface area contributed by atoms with Crippen LogP contribution in [-0.2, 0) is 4.79 Å². The number of likely N-dealkylation sites (tertiary alicyclic amines) is 1. The zero-order valence-electron chi connectivity index (χ0n) is 9.86. The van der Waals surface area contributed by atoms with Crippen LogP contribution in [-0.4, -0.2) is 36.0 Å². The lowest BCUT2D eigenvalue weighted by Gasteiger charge is -2.22. The molecule has 0 aromatic heterocycles. The summed E-state index contributed by atoms with van der Waals surface area (Å²) in [5.74, 6) is 0.146. The molecule has 2 heterocycles. The van der Waals surface area contributed by atoms with E-state index < -0.39 is 0 Å².